The largest absolute Gasteiger partial charge is 0.339 e. The molecule has 80 valence electrons. The molecule has 0 aliphatic rings. The number of hydrogen-bond acceptors (Lipinski definition) is 2. The molecule has 0 bridgehead atoms. The van der Waals surface area contributed by atoms with Crippen LogP contribution in [0.25, 0.3) is 21.9 Å². The van der Waals surface area contributed by atoms with E-state index >= 15 is 0 Å². The molecule has 0 aliphatic carbocycles. The zero-order valence-electron chi connectivity index (χ0n) is 8.79. The molecule has 0 aliphatic heterocycles. The third-order valence-corrected chi connectivity index (χ3v) is 3.10. The van der Waals surface area contributed by atoms with Gasteiger partial charge in [-0.3, -0.25) is 0 Å². The third kappa shape index (κ3) is 1.28. The second-order valence-electron chi connectivity index (χ2n) is 3.75. The fraction of sp³-hybridized carbons (Fsp3) is 0.167. The highest BCUT2D eigenvalue weighted by Gasteiger charge is 2.09. The molecule has 0 unspecified atom stereocenters. The summed E-state index contributed by atoms with van der Waals surface area (Å²) in [5.41, 5.74) is 3.13. The zero-order valence-corrected chi connectivity index (χ0v) is 9.54. The maximum absolute atomic E-state index is 6.10. The molecule has 4 heteroatoms. The number of H-pyrrole nitrogens is 1. The molecule has 0 saturated carbocycles. The van der Waals surface area contributed by atoms with Crippen molar-refractivity contribution in [3.63, 3.8) is 0 Å². The van der Waals surface area contributed by atoms with Crippen molar-refractivity contribution in [3.05, 3.63) is 35.2 Å². The maximum atomic E-state index is 6.10. The summed E-state index contributed by atoms with van der Waals surface area (Å²) in [5, 5.41) is 2.51. The van der Waals surface area contributed by atoms with Gasteiger partial charge in [0.15, 0.2) is 0 Å². The lowest BCUT2D eigenvalue weighted by Gasteiger charge is -1.97. The lowest BCUT2D eigenvalue weighted by molar-refractivity contribution is 1.15. The molecule has 0 radical (unpaired) electrons. The molecule has 3 nitrogen and oxygen atoms in total. The van der Waals surface area contributed by atoms with Gasteiger partial charge in [-0.1, -0.05) is 24.6 Å². The molecule has 2 aromatic heterocycles. The highest BCUT2D eigenvalue weighted by atomic mass is 35.5. The monoisotopic (exact) mass is 231 g/mol. The average molecular weight is 232 g/mol. The van der Waals surface area contributed by atoms with Gasteiger partial charge in [-0.2, -0.15) is 0 Å². The summed E-state index contributed by atoms with van der Waals surface area (Å²) in [6, 6.07) is 6.31. The summed E-state index contributed by atoms with van der Waals surface area (Å²) in [4.78, 5) is 11.4. The van der Waals surface area contributed by atoms with Crippen LogP contribution >= 0.6 is 11.6 Å². The van der Waals surface area contributed by atoms with E-state index in [2.05, 4.69) is 40.1 Å². The first-order chi connectivity index (χ1) is 7.79. The van der Waals surface area contributed by atoms with E-state index in [0.29, 0.717) is 5.15 Å². The Hall–Kier alpha value is -1.61. The normalized spacial score (nSPS) is 11.4. The number of benzene rings is 1. The second-order valence-corrected chi connectivity index (χ2v) is 4.10. The Morgan fingerprint density at radius 2 is 2.19 bits per heavy atom. The van der Waals surface area contributed by atoms with Crippen molar-refractivity contribution in [2.24, 2.45) is 0 Å². The van der Waals surface area contributed by atoms with E-state index in [9.17, 15) is 0 Å². The first kappa shape index (κ1) is 9.60. The van der Waals surface area contributed by atoms with Gasteiger partial charge in [0.25, 0.3) is 0 Å². The third-order valence-electron chi connectivity index (χ3n) is 2.82. The standard InChI is InChI=1S/C12H10ClN3/c1-2-7-3-4-9-8(5-7)10-11(13)14-6-15-12(10)16-9/h3-6H,2H2,1H3,(H,14,15,16). The minimum absolute atomic E-state index is 0.504. The number of fused-ring (bicyclic) bond motifs is 3. The number of aryl methyl sites for hydroxylation is 1. The van der Waals surface area contributed by atoms with E-state index < -0.39 is 0 Å². The van der Waals surface area contributed by atoms with Crippen LogP contribution in [0.4, 0.5) is 0 Å². The molecule has 0 fully saturated rings. The van der Waals surface area contributed by atoms with E-state index in [1.807, 2.05) is 0 Å². The van der Waals surface area contributed by atoms with Crippen LogP contribution in [0.2, 0.25) is 5.15 Å². The van der Waals surface area contributed by atoms with Gasteiger partial charge in [0.05, 0.1) is 5.39 Å². The minimum Gasteiger partial charge on any atom is -0.339 e. The van der Waals surface area contributed by atoms with Crippen molar-refractivity contribution in [2.75, 3.05) is 0 Å². The van der Waals surface area contributed by atoms with Crippen LogP contribution in [-0.4, -0.2) is 15.0 Å². The lowest BCUT2D eigenvalue weighted by atomic mass is 10.1. The average Bonchev–Trinajstić information content (AvgIpc) is 2.67. The molecule has 2 heterocycles. The second kappa shape index (κ2) is 3.46. The van der Waals surface area contributed by atoms with E-state index in [0.717, 1.165) is 28.4 Å². The molecular weight excluding hydrogens is 222 g/mol. The van der Waals surface area contributed by atoms with E-state index in [1.165, 1.54) is 11.9 Å². The SMILES string of the molecule is CCc1ccc2[nH]c3ncnc(Cl)c3c2c1. The maximum Gasteiger partial charge on any atom is 0.143 e. The van der Waals surface area contributed by atoms with Crippen molar-refractivity contribution in [3.8, 4) is 0 Å². The summed E-state index contributed by atoms with van der Waals surface area (Å²) in [6.45, 7) is 2.13. The van der Waals surface area contributed by atoms with Crippen LogP contribution in [-0.2, 0) is 6.42 Å². The zero-order chi connectivity index (χ0) is 11.1. The quantitative estimate of drug-likeness (QED) is 0.653. The fourth-order valence-corrected chi connectivity index (χ4v) is 2.19. The van der Waals surface area contributed by atoms with Gasteiger partial charge >= 0.3 is 0 Å². The topological polar surface area (TPSA) is 41.6 Å². The van der Waals surface area contributed by atoms with Crippen LogP contribution in [0.15, 0.2) is 24.5 Å². The molecule has 1 N–H and O–H groups in total. The number of rotatable bonds is 1. The smallest absolute Gasteiger partial charge is 0.143 e. The number of aromatic nitrogens is 3. The summed E-state index contributed by atoms with van der Waals surface area (Å²) in [5.74, 6) is 0. The van der Waals surface area contributed by atoms with Gasteiger partial charge in [-0.05, 0) is 24.1 Å². The Labute approximate surface area is 97.5 Å². The van der Waals surface area contributed by atoms with E-state index in [1.54, 1.807) is 0 Å². The number of halogens is 1. The molecule has 3 rings (SSSR count). The molecule has 0 saturated heterocycles. The van der Waals surface area contributed by atoms with Gasteiger partial charge in [0.1, 0.15) is 17.1 Å². The Balaban J connectivity index is 2.50. The number of nitrogens with one attached hydrogen (secondary N) is 1. The van der Waals surface area contributed by atoms with Gasteiger partial charge in [0, 0.05) is 10.9 Å². The van der Waals surface area contributed by atoms with E-state index in [4.69, 9.17) is 11.6 Å². The van der Waals surface area contributed by atoms with Gasteiger partial charge in [-0.25, -0.2) is 9.97 Å². The van der Waals surface area contributed by atoms with E-state index in [-0.39, 0.29) is 0 Å². The van der Waals surface area contributed by atoms with Crippen LogP contribution < -0.4 is 0 Å². The highest BCUT2D eigenvalue weighted by molar-refractivity contribution is 6.36. The summed E-state index contributed by atoms with van der Waals surface area (Å²) in [7, 11) is 0. The number of aromatic amines is 1. The Bertz CT molecular complexity index is 672. The van der Waals surface area contributed by atoms with Crippen molar-refractivity contribution in [2.45, 2.75) is 13.3 Å². The van der Waals surface area contributed by atoms with Crippen LogP contribution in [0, 0.1) is 0 Å². The molecular formula is C12H10ClN3. The highest BCUT2D eigenvalue weighted by Crippen LogP contribution is 2.29. The van der Waals surface area contributed by atoms with Gasteiger partial charge < -0.3 is 4.98 Å². The summed E-state index contributed by atoms with van der Waals surface area (Å²) in [6.07, 6.45) is 2.48. The number of nitrogens with zero attached hydrogens (tertiary/aromatic N) is 2. The molecule has 0 amide bonds. The Morgan fingerprint density at radius 1 is 1.31 bits per heavy atom. The van der Waals surface area contributed by atoms with Crippen molar-refractivity contribution in [1.29, 1.82) is 0 Å². The van der Waals surface area contributed by atoms with Crippen LogP contribution in [0.1, 0.15) is 12.5 Å². The van der Waals surface area contributed by atoms with Crippen molar-refractivity contribution >= 4 is 33.5 Å². The molecule has 1 aromatic carbocycles. The first-order valence-electron chi connectivity index (χ1n) is 5.20. The van der Waals surface area contributed by atoms with Crippen molar-refractivity contribution in [1.82, 2.24) is 15.0 Å². The Morgan fingerprint density at radius 3 is 3.00 bits per heavy atom. The molecule has 3 aromatic rings. The summed E-state index contributed by atoms with van der Waals surface area (Å²) >= 11 is 6.10. The van der Waals surface area contributed by atoms with Gasteiger partial charge in [0.2, 0.25) is 0 Å². The first-order valence-corrected chi connectivity index (χ1v) is 5.58. The molecule has 0 spiro atoms. The van der Waals surface area contributed by atoms with Gasteiger partial charge in [-0.15, -0.1) is 0 Å². The predicted octanol–water partition coefficient (Wildman–Crippen LogP) is 3.33. The van der Waals surface area contributed by atoms with Crippen LogP contribution in [0.5, 0.6) is 0 Å². The predicted molar refractivity (Wildman–Crippen MR) is 65.8 cm³/mol. The molecule has 16 heavy (non-hydrogen) atoms. The van der Waals surface area contributed by atoms with Crippen LogP contribution in [0.3, 0.4) is 0 Å². The number of hydrogen-bond donors (Lipinski definition) is 1. The fourth-order valence-electron chi connectivity index (χ4n) is 1.95. The summed E-state index contributed by atoms with van der Waals surface area (Å²) < 4.78 is 0. The Kier molecular flexibility index (Phi) is 2.07. The lowest BCUT2D eigenvalue weighted by Crippen LogP contribution is -1.81. The van der Waals surface area contributed by atoms with Crippen molar-refractivity contribution < 1.29 is 0 Å². The molecule has 0 atom stereocenters. The minimum atomic E-state index is 0.504.